The van der Waals surface area contributed by atoms with Gasteiger partial charge in [0.05, 0.1) is 17.8 Å². The van der Waals surface area contributed by atoms with Gasteiger partial charge in [0.15, 0.2) is 0 Å². The molecule has 2 bridgehead atoms. The van der Waals surface area contributed by atoms with Crippen LogP contribution in [0, 0.1) is 11.8 Å². The number of ether oxygens (including phenoxy) is 2. The van der Waals surface area contributed by atoms with Crippen LogP contribution in [0.2, 0.25) is 0 Å². The van der Waals surface area contributed by atoms with Crippen LogP contribution in [0.5, 0.6) is 0 Å². The first-order valence-electron chi connectivity index (χ1n) is 10.1. The Balaban J connectivity index is 1.60. The zero-order valence-electron chi connectivity index (χ0n) is 17.1. The van der Waals surface area contributed by atoms with Gasteiger partial charge in [-0.25, -0.2) is 23.5 Å². The van der Waals surface area contributed by atoms with Crippen molar-refractivity contribution in [3.63, 3.8) is 0 Å². The monoisotopic (exact) mass is 423 g/mol. The Morgan fingerprint density at radius 2 is 1.26 bits per heavy atom. The molecule has 0 N–H and O–H groups in total. The molecule has 0 spiro atoms. The molecule has 0 radical (unpaired) electrons. The van der Waals surface area contributed by atoms with E-state index in [1.165, 1.54) is 27.8 Å². The molecule has 9 nitrogen and oxygen atoms in total. The van der Waals surface area contributed by atoms with E-state index in [0.717, 1.165) is 11.1 Å². The van der Waals surface area contributed by atoms with Crippen LogP contribution in [0.15, 0.2) is 63.2 Å². The zero-order chi connectivity index (χ0) is 21.9. The third kappa shape index (κ3) is 2.76. The molecule has 6 rings (SSSR count). The number of para-hydroxylation sites is 1. The molecule has 2 aliphatic heterocycles. The lowest BCUT2D eigenvalue weighted by atomic mass is 9.58. The summed E-state index contributed by atoms with van der Waals surface area (Å²) in [4.78, 5) is 49.3. The molecule has 4 aliphatic rings. The summed E-state index contributed by atoms with van der Waals surface area (Å²) in [5.74, 6) is -1.04. The van der Waals surface area contributed by atoms with Crippen LogP contribution in [0.3, 0.4) is 0 Å². The van der Waals surface area contributed by atoms with Gasteiger partial charge < -0.3 is 9.47 Å². The van der Waals surface area contributed by atoms with Crippen molar-refractivity contribution in [3.05, 3.63) is 74.6 Å². The van der Waals surface area contributed by atoms with Gasteiger partial charge in [-0.1, -0.05) is 30.4 Å². The average Bonchev–Trinajstić information content (AvgIpc) is 3.00. The van der Waals surface area contributed by atoms with Crippen molar-refractivity contribution in [2.24, 2.45) is 11.8 Å². The molecule has 0 unspecified atom stereocenters. The maximum Gasteiger partial charge on any atom is 0.352 e. The number of rotatable bonds is 5. The summed E-state index contributed by atoms with van der Waals surface area (Å²) < 4.78 is 14.6. The number of esters is 2. The molecule has 1 aromatic heterocycles. The van der Waals surface area contributed by atoms with Crippen molar-refractivity contribution in [3.8, 4) is 5.69 Å². The number of hydrogen-bond acceptors (Lipinski definition) is 6. The van der Waals surface area contributed by atoms with Crippen LogP contribution in [0.4, 0.5) is 0 Å². The topological polar surface area (TPSA) is 102 Å². The SMILES string of the molecule is CC(=O)OCC1=C(COC(C)=O)[C@H]2[C@@H]1[C@H]1C=C[C@@H]2n2c(=O)n(-c3ccccc3)c(=O)n21. The maximum absolute atomic E-state index is 13.3. The maximum atomic E-state index is 13.3. The predicted molar refractivity (Wildman–Crippen MR) is 109 cm³/mol. The standard InChI is InChI=1S/C22H21N3O6/c1-12(26)30-10-15-16(11-31-13(2)27)20-18-9-8-17(19(15)20)24-21(28)23(22(29)25(18)24)14-6-4-3-5-7-14/h3-9,17-20H,10-11H2,1-2H3/t17-,18+,19+,20-. The summed E-state index contributed by atoms with van der Waals surface area (Å²) in [6.45, 7) is 2.81. The van der Waals surface area contributed by atoms with E-state index in [9.17, 15) is 19.2 Å². The Bertz CT molecular complexity index is 1190. The second kappa shape index (κ2) is 6.97. The van der Waals surface area contributed by atoms with E-state index >= 15 is 0 Å². The molecular weight excluding hydrogens is 402 g/mol. The lowest BCUT2D eigenvalue weighted by Crippen LogP contribution is -2.55. The quantitative estimate of drug-likeness (QED) is 0.528. The van der Waals surface area contributed by atoms with Gasteiger partial charge in [0.2, 0.25) is 0 Å². The van der Waals surface area contributed by atoms with E-state index in [-0.39, 0.29) is 37.1 Å². The fraction of sp³-hybridized carbons (Fsp3) is 0.364. The number of hydrogen-bond donors (Lipinski definition) is 0. The molecular formula is C22H21N3O6. The number of nitrogens with zero attached hydrogens (tertiary/aromatic N) is 3. The molecule has 1 aromatic carbocycles. The molecule has 0 saturated heterocycles. The lowest BCUT2D eigenvalue weighted by Gasteiger charge is -2.54. The number of carbonyl (C=O) groups excluding carboxylic acids is 2. The summed E-state index contributed by atoms with van der Waals surface area (Å²) >= 11 is 0. The minimum absolute atomic E-state index is 0.0720. The molecule has 31 heavy (non-hydrogen) atoms. The van der Waals surface area contributed by atoms with Crippen molar-refractivity contribution in [1.29, 1.82) is 0 Å². The van der Waals surface area contributed by atoms with Crippen LogP contribution < -0.4 is 11.4 Å². The Morgan fingerprint density at radius 1 is 0.806 bits per heavy atom. The van der Waals surface area contributed by atoms with Gasteiger partial charge in [0.25, 0.3) is 0 Å². The van der Waals surface area contributed by atoms with Crippen molar-refractivity contribution >= 4 is 11.9 Å². The molecule has 0 fully saturated rings. The lowest BCUT2D eigenvalue weighted by molar-refractivity contribution is -0.142. The summed E-state index contributed by atoms with van der Waals surface area (Å²) in [6.07, 6.45) is 3.86. The number of aromatic nitrogens is 3. The smallest absolute Gasteiger partial charge is 0.352 e. The Hall–Kier alpha value is -3.62. The highest BCUT2D eigenvalue weighted by Crippen LogP contribution is 2.57. The van der Waals surface area contributed by atoms with E-state index in [0.29, 0.717) is 5.69 Å². The molecule has 2 aliphatic carbocycles. The first-order valence-corrected chi connectivity index (χ1v) is 10.1. The van der Waals surface area contributed by atoms with Gasteiger partial charge in [0, 0.05) is 25.7 Å². The van der Waals surface area contributed by atoms with E-state index < -0.39 is 23.3 Å². The van der Waals surface area contributed by atoms with Gasteiger partial charge in [-0.3, -0.25) is 9.59 Å². The second-order valence-corrected chi connectivity index (χ2v) is 7.95. The van der Waals surface area contributed by atoms with Crippen LogP contribution in [-0.2, 0) is 19.1 Å². The summed E-state index contributed by atoms with van der Waals surface area (Å²) in [5, 5.41) is 0. The highest BCUT2D eigenvalue weighted by molar-refractivity contribution is 5.67. The van der Waals surface area contributed by atoms with Gasteiger partial charge in [0.1, 0.15) is 13.2 Å². The van der Waals surface area contributed by atoms with Crippen molar-refractivity contribution in [2.75, 3.05) is 13.2 Å². The van der Waals surface area contributed by atoms with Crippen molar-refractivity contribution in [1.82, 2.24) is 13.9 Å². The van der Waals surface area contributed by atoms with E-state index in [1.54, 1.807) is 24.3 Å². The fourth-order valence-corrected chi connectivity index (χ4v) is 5.08. The average molecular weight is 423 g/mol. The first kappa shape index (κ1) is 19.3. The van der Waals surface area contributed by atoms with E-state index in [2.05, 4.69) is 0 Å². The minimum atomic E-state index is -0.413. The molecule has 160 valence electrons. The van der Waals surface area contributed by atoms with Crippen LogP contribution in [-0.4, -0.2) is 39.1 Å². The zero-order valence-corrected chi connectivity index (χ0v) is 17.1. The molecule has 9 heteroatoms. The van der Waals surface area contributed by atoms with Crippen LogP contribution >= 0.6 is 0 Å². The third-order valence-corrected chi connectivity index (χ3v) is 6.29. The Kier molecular flexibility index (Phi) is 4.35. The summed E-state index contributed by atoms with van der Waals surface area (Å²) in [6, 6.07) is 8.04. The summed E-state index contributed by atoms with van der Waals surface area (Å²) in [7, 11) is 0. The Morgan fingerprint density at radius 3 is 1.68 bits per heavy atom. The van der Waals surface area contributed by atoms with Crippen molar-refractivity contribution in [2.45, 2.75) is 25.9 Å². The van der Waals surface area contributed by atoms with Crippen LogP contribution in [0.25, 0.3) is 5.69 Å². The second-order valence-electron chi connectivity index (χ2n) is 7.95. The van der Waals surface area contributed by atoms with Gasteiger partial charge in [-0.05, 0) is 23.3 Å². The number of allylic oxidation sites excluding steroid dienone is 2. The fourth-order valence-electron chi connectivity index (χ4n) is 5.08. The number of benzene rings is 1. The van der Waals surface area contributed by atoms with Gasteiger partial charge in [-0.2, -0.15) is 0 Å². The molecule has 4 atom stereocenters. The summed E-state index contributed by atoms with van der Waals surface area (Å²) in [5.41, 5.74) is 1.38. The molecule has 0 saturated carbocycles. The predicted octanol–water partition coefficient (Wildman–Crippen LogP) is 1.14. The normalized spacial score (nSPS) is 25.0. The highest BCUT2D eigenvalue weighted by atomic mass is 16.5. The molecule has 2 aromatic rings. The van der Waals surface area contributed by atoms with Crippen LogP contribution in [0.1, 0.15) is 25.9 Å². The van der Waals surface area contributed by atoms with E-state index in [1.807, 2.05) is 18.2 Å². The Labute approximate surface area is 176 Å². The van der Waals surface area contributed by atoms with Gasteiger partial charge >= 0.3 is 23.3 Å². The highest BCUT2D eigenvalue weighted by Gasteiger charge is 2.56. The largest absolute Gasteiger partial charge is 0.461 e. The minimum Gasteiger partial charge on any atom is -0.461 e. The first-order chi connectivity index (χ1) is 14.9. The molecule has 3 heterocycles. The molecule has 0 amide bonds. The third-order valence-electron chi connectivity index (χ3n) is 6.29. The van der Waals surface area contributed by atoms with Gasteiger partial charge in [-0.15, -0.1) is 0 Å². The van der Waals surface area contributed by atoms with Crippen molar-refractivity contribution < 1.29 is 19.1 Å². The van der Waals surface area contributed by atoms with E-state index in [4.69, 9.17) is 9.47 Å². The number of carbonyl (C=O) groups is 2.